The minimum absolute atomic E-state index is 0.0879. The van der Waals surface area contributed by atoms with E-state index in [1.807, 2.05) is 23.1 Å². The Kier molecular flexibility index (Phi) is 5.32. The number of hydrogen-bond donors (Lipinski definition) is 0. The van der Waals surface area contributed by atoms with E-state index in [1.165, 1.54) is 27.6 Å². The summed E-state index contributed by atoms with van der Waals surface area (Å²) >= 11 is 8.35. The number of fused-ring (bicyclic) bond motifs is 1. The molecule has 0 atom stereocenters. The Morgan fingerprint density at radius 2 is 1.67 bits per heavy atom. The molecule has 2 heterocycles. The van der Waals surface area contributed by atoms with Crippen LogP contribution in [-0.2, 0) is 0 Å². The second kappa shape index (κ2) is 8.25. The van der Waals surface area contributed by atoms with Crippen molar-refractivity contribution in [2.45, 2.75) is 19.3 Å². The number of piperidine rings is 1. The molecule has 4 aromatic rings. The van der Waals surface area contributed by atoms with Crippen molar-refractivity contribution in [2.75, 3.05) is 13.1 Å². The van der Waals surface area contributed by atoms with Gasteiger partial charge in [-0.15, -0.1) is 11.3 Å². The highest BCUT2D eigenvalue weighted by atomic mass is 35.5. The Morgan fingerprint density at radius 1 is 0.867 bits per heavy atom. The molecule has 5 rings (SSSR count). The zero-order valence-electron chi connectivity index (χ0n) is 16.6. The smallest absolute Gasteiger partial charge is 0.253 e. The van der Waals surface area contributed by atoms with E-state index in [4.69, 9.17) is 11.6 Å². The molecular formula is C26H22ClNOS. The number of halogens is 1. The van der Waals surface area contributed by atoms with E-state index in [9.17, 15) is 4.79 Å². The largest absolute Gasteiger partial charge is 0.339 e. The molecule has 1 saturated heterocycles. The number of benzene rings is 3. The predicted molar refractivity (Wildman–Crippen MR) is 127 cm³/mol. The number of carbonyl (C=O) groups excluding carboxylic acids is 1. The number of nitrogens with zero attached hydrogens (tertiary/aromatic N) is 1. The first-order valence-electron chi connectivity index (χ1n) is 10.4. The Labute approximate surface area is 185 Å². The van der Waals surface area contributed by atoms with Crippen LogP contribution in [0.2, 0.25) is 5.02 Å². The highest BCUT2D eigenvalue weighted by Gasteiger charge is 2.19. The fourth-order valence-corrected chi connectivity index (χ4v) is 5.46. The van der Waals surface area contributed by atoms with Crippen LogP contribution in [0.4, 0.5) is 0 Å². The number of likely N-dealkylation sites (tertiary alicyclic amines) is 1. The lowest BCUT2D eigenvalue weighted by Crippen LogP contribution is -2.35. The van der Waals surface area contributed by atoms with Crippen LogP contribution in [0.3, 0.4) is 0 Å². The normalized spacial score (nSPS) is 14.2. The monoisotopic (exact) mass is 431 g/mol. The van der Waals surface area contributed by atoms with E-state index < -0.39 is 0 Å². The Balaban J connectivity index is 1.45. The lowest BCUT2D eigenvalue weighted by Gasteiger charge is -2.26. The molecule has 4 heteroatoms. The van der Waals surface area contributed by atoms with Gasteiger partial charge in [-0.1, -0.05) is 60.1 Å². The number of amides is 1. The zero-order chi connectivity index (χ0) is 20.5. The molecule has 1 aliphatic heterocycles. The van der Waals surface area contributed by atoms with Crippen molar-refractivity contribution >= 4 is 39.6 Å². The molecular weight excluding hydrogens is 410 g/mol. The molecule has 0 aliphatic carbocycles. The van der Waals surface area contributed by atoms with Gasteiger partial charge in [-0.2, -0.15) is 0 Å². The van der Waals surface area contributed by atoms with Gasteiger partial charge in [0.05, 0.1) is 0 Å². The van der Waals surface area contributed by atoms with Gasteiger partial charge in [-0.25, -0.2) is 0 Å². The molecule has 0 bridgehead atoms. The standard InChI is InChI=1S/C26H22ClNOS/c27-24-15-19(26(29)28-13-4-1-5-14-28)11-12-22(24)20-16-25(30-17-20)23-10-6-8-18-7-2-3-9-21(18)23/h2-3,6-12,15-17H,1,4-5,13-14H2. The Morgan fingerprint density at radius 3 is 2.50 bits per heavy atom. The lowest BCUT2D eigenvalue weighted by molar-refractivity contribution is 0.0724. The molecule has 1 aliphatic rings. The molecule has 30 heavy (non-hydrogen) atoms. The summed E-state index contributed by atoms with van der Waals surface area (Å²) in [6, 6.07) is 22.8. The number of hydrogen-bond acceptors (Lipinski definition) is 2. The number of carbonyl (C=O) groups is 1. The molecule has 0 N–H and O–H groups in total. The highest BCUT2D eigenvalue weighted by Crippen LogP contribution is 2.38. The first kappa shape index (κ1) is 19.3. The maximum Gasteiger partial charge on any atom is 0.253 e. The van der Waals surface area contributed by atoms with Crippen LogP contribution in [0.25, 0.3) is 32.3 Å². The van der Waals surface area contributed by atoms with Crippen molar-refractivity contribution < 1.29 is 4.79 Å². The SMILES string of the molecule is O=C(c1ccc(-c2csc(-c3cccc4ccccc34)c2)c(Cl)c1)N1CCCCC1. The van der Waals surface area contributed by atoms with Crippen molar-refractivity contribution in [1.29, 1.82) is 0 Å². The third kappa shape index (κ3) is 3.64. The highest BCUT2D eigenvalue weighted by molar-refractivity contribution is 7.14. The van der Waals surface area contributed by atoms with Crippen LogP contribution in [0, 0.1) is 0 Å². The van der Waals surface area contributed by atoms with Crippen molar-refractivity contribution in [3.8, 4) is 21.6 Å². The van der Waals surface area contributed by atoms with E-state index in [-0.39, 0.29) is 5.91 Å². The Hall–Kier alpha value is -2.62. The van der Waals surface area contributed by atoms with Crippen molar-refractivity contribution in [3.63, 3.8) is 0 Å². The molecule has 3 aromatic carbocycles. The quantitative estimate of drug-likeness (QED) is 0.328. The summed E-state index contributed by atoms with van der Waals surface area (Å²) in [5.74, 6) is 0.0879. The predicted octanol–water partition coefficient (Wildman–Crippen LogP) is 7.51. The van der Waals surface area contributed by atoms with Crippen LogP contribution in [0.15, 0.2) is 72.1 Å². The molecule has 2 nitrogen and oxygen atoms in total. The van der Waals surface area contributed by atoms with E-state index in [1.54, 1.807) is 11.3 Å². The van der Waals surface area contributed by atoms with Crippen molar-refractivity contribution in [1.82, 2.24) is 4.90 Å². The summed E-state index contributed by atoms with van der Waals surface area (Å²) in [6.07, 6.45) is 3.38. The van der Waals surface area contributed by atoms with Crippen molar-refractivity contribution in [3.05, 3.63) is 82.7 Å². The maximum atomic E-state index is 12.8. The summed E-state index contributed by atoms with van der Waals surface area (Å²) in [4.78, 5) is 15.9. The fourth-order valence-electron chi connectivity index (χ4n) is 4.22. The summed E-state index contributed by atoms with van der Waals surface area (Å²) in [6.45, 7) is 1.69. The summed E-state index contributed by atoms with van der Waals surface area (Å²) in [5, 5.41) is 5.26. The molecule has 0 saturated carbocycles. The first-order chi connectivity index (χ1) is 14.7. The second-order valence-corrected chi connectivity index (χ2v) is 9.09. The number of thiophene rings is 1. The lowest BCUT2D eigenvalue weighted by atomic mass is 10.0. The average Bonchev–Trinajstić information content (AvgIpc) is 3.28. The minimum Gasteiger partial charge on any atom is -0.339 e. The second-order valence-electron chi connectivity index (χ2n) is 7.77. The van der Waals surface area contributed by atoms with Crippen LogP contribution in [0.5, 0.6) is 0 Å². The average molecular weight is 432 g/mol. The molecule has 150 valence electrons. The van der Waals surface area contributed by atoms with Crippen LogP contribution >= 0.6 is 22.9 Å². The first-order valence-corrected chi connectivity index (χ1v) is 11.6. The van der Waals surface area contributed by atoms with Gasteiger partial charge < -0.3 is 4.90 Å². The topological polar surface area (TPSA) is 20.3 Å². The fraction of sp³-hybridized carbons (Fsp3) is 0.192. The van der Waals surface area contributed by atoms with Gasteiger partial charge in [0.2, 0.25) is 0 Å². The maximum absolute atomic E-state index is 12.8. The number of rotatable bonds is 3. The van der Waals surface area contributed by atoms with Gasteiger partial charge in [-0.3, -0.25) is 4.79 Å². The third-order valence-electron chi connectivity index (χ3n) is 5.82. The minimum atomic E-state index is 0.0879. The van der Waals surface area contributed by atoms with Gasteiger partial charge in [0.15, 0.2) is 0 Å². The van der Waals surface area contributed by atoms with E-state index in [2.05, 4.69) is 53.9 Å². The van der Waals surface area contributed by atoms with E-state index in [0.29, 0.717) is 10.6 Å². The van der Waals surface area contributed by atoms with Crippen LogP contribution in [0.1, 0.15) is 29.6 Å². The van der Waals surface area contributed by atoms with Gasteiger partial charge in [-0.05, 0) is 64.7 Å². The molecule has 0 spiro atoms. The zero-order valence-corrected chi connectivity index (χ0v) is 18.2. The Bertz CT molecular complexity index is 1220. The summed E-state index contributed by atoms with van der Waals surface area (Å²) < 4.78 is 0. The van der Waals surface area contributed by atoms with Gasteiger partial charge in [0, 0.05) is 34.1 Å². The van der Waals surface area contributed by atoms with E-state index >= 15 is 0 Å². The van der Waals surface area contributed by atoms with E-state index in [0.717, 1.165) is 37.1 Å². The molecule has 1 amide bonds. The van der Waals surface area contributed by atoms with Gasteiger partial charge >= 0.3 is 0 Å². The summed E-state index contributed by atoms with van der Waals surface area (Å²) in [7, 11) is 0. The summed E-state index contributed by atoms with van der Waals surface area (Å²) in [5.41, 5.74) is 3.96. The van der Waals surface area contributed by atoms with Crippen LogP contribution < -0.4 is 0 Å². The van der Waals surface area contributed by atoms with Crippen molar-refractivity contribution in [2.24, 2.45) is 0 Å². The third-order valence-corrected chi connectivity index (χ3v) is 7.10. The van der Waals surface area contributed by atoms with Gasteiger partial charge in [0.1, 0.15) is 0 Å². The van der Waals surface area contributed by atoms with Gasteiger partial charge in [0.25, 0.3) is 5.91 Å². The van der Waals surface area contributed by atoms with Crippen LogP contribution in [-0.4, -0.2) is 23.9 Å². The molecule has 1 aromatic heterocycles. The molecule has 0 radical (unpaired) electrons. The molecule has 1 fully saturated rings. The molecule has 0 unspecified atom stereocenters.